The lowest BCUT2D eigenvalue weighted by atomic mass is 9.93. The molecule has 2 N–H and O–H groups in total. The van der Waals surface area contributed by atoms with Crippen LogP contribution < -0.4 is 10.6 Å². The average Bonchev–Trinajstić information content (AvgIpc) is 2.79. The maximum absolute atomic E-state index is 12.4. The van der Waals surface area contributed by atoms with Crippen LogP contribution in [-0.2, 0) is 9.59 Å². The number of likely N-dealkylation sites (N-methyl/N-ethyl adjacent to an activating group) is 1. The molecule has 2 rings (SSSR count). The van der Waals surface area contributed by atoms with Crippen LogP contribution in [0, 0.1) is 5.92 Å². The van der Waals surface area contributed by atoms with Crippen molar-refractivity contribution in [3.05, 3.63) is 34.9 Å². The molecule has 120 valence electrons. The molecule has 1 aromatic rings. The number of halogens is 1. The van der Waals surface area contributed by atoms with Crippen molar-refractivity contribution in [1.82, 2.24) is 15.5 Å². The molecule has 0 saturated carbocycles. The van der Waals surface area contributed by atoms with Crippen molar-refractivity contribution < 1.29 is 9.59 Å². The molecule has 22 heavy (non-hydrogen) atoms. The number of nitrogens with one attached hydrogen (secondary N) is 2. The van der Waals surface area contributed by atoms with Crippen LogP contribution in [0.2, 0.25) is 5.02 Å². The van der Waals surface area contributed by atoms with Gasteiger partial charge >= 0.3 is 0 Å². The lowest BCUT2D eigenvalue weighted by Crippen LogP contribution is -2.38. The first-order valence-corrected chi connectivity index (χ1v) is 7.92. The van der Waals surface area contributed by atoms with Crippen molar-refractivity contribution in [3.8, 4) is 0 Å². The van der Waals surface area contributed by atoms with Crippen LogP contribution in [0.25, 0.3) is 0 Å². The van der Waals surface area contributed by atoms with Gasteiger partial charge in [-0.3, -0.25) is 9.59 Å². The summed E-state index contributed by atoms with van der Waals surface area (Å²) in [5, 5.41) is 6.66. The van der Waals surface area contributed by atoms with E-state index in [9.17, 15) is 9.59 Å². The molecule has 0 aliphatic carbocycles. The predicted octanol–water partition coefficient (Wildman–Crippen LogP) is 1.59. The fourth-order valence-corrected chi connectivity index (χ4v) is 3.03. The van der Waals surface area contributed by atoms with Gasteiger partial charge in [0.05, 0.1) is 12.0 Å². The number of likely N-dealkylation sites (tertiary alicyclic amines) is 1. The van der Waals surface area contributed by atoms with Gasteiger partial charge in [0.25, 0.3) is 0 Å². The van der Waals surface area contributed by atoms with Crippen molar-refractivity contribution in [2.24, 2.45) is 5.92 Å². The Labute approximate surface area is 136 Å². The highest BCUT2D eigenvalue weighted by Gasteiger charge is 2.42. The molecule has 1 aliphatic rings. The molecule has 0 bridgehead atoms. The molecule has 2 atom stereocenters. The summed E-state index contributed by atoms with van der Waals surface area (Å²) < 4.78 is 0. The molecule has 2 amide bonds. The molecule has 1 fully saturated rings. The first kappa shape index (κ1) is 16.8. The molecule has 1 heterocycles. The van der Waals surface area contributed by atoms with Crippen molar-refractivity contribution in [1.29, 1.82) is 0 Å². The second-order valence-electron chi connectivity index (χ2n) is 5.46. The molecule has 1 aliphatic heterocycles. The van der Waals surface area contributed by atoms with Crippen molar-refractivity contribution in [3.63, 3.8) is 0 Å². The topological polar surface area (TPSA) is 61.4 Å². The predicted molar refractivity (Wildman–Crippen MR) is 86.6 cm³/mol. The second-order valence-corrected chi connectivity index (χ2v) is 5.90. The van der Waals surface area contributed by atoms with Gasteiger partial charge in [0.15, 0.2) is 0 Å². The van der Waals surface area contributed by atoms with Gasteiger partial charge in [-0.1, -0.05) is 30.7 Å². The molecule has 6 heteroatoms. The fraction of sp³-hybridized carbons (Fsp3) is 0.500. The molecule has 2 unspecified atom stereocenters. The standard InChI is InChI=1S/C16H22ClN3O2/c1-3-18-7-8-19-16(22)13-10-14(21)20(2)15(13)11-5-4-6-12(17)9-11/h4-6,9,13,15,18H,3,7-8,10H2,1-2H3,(H,19,22). The third kappa shape index (κ3) is 3.78. The summed E-state index contributed by atoms with van der Waals surface area (Å²) in [5.41, 5.74) is 0.896. The first-order chi connectivity index (χ1) is 10.5. The summed E-state index contributed by atoms with van der Waals surface area (Å²) in [6, 6.07) is 7.09. The Morgan fingerprint density at radius 3 is 2.86 bits per heavy atom. The maximum Gasteiger partial charge on any atom is 0.226 e. The van der Waals surface area contributed by atoms with Gasteiger partial charge < -0.3 is 15.5 Å². The average molecular weight is 324 g/mol. The number of rotatable bonds is 6. The van der Waals surface area contributed by atoms with E-state index >= 15 is 0 Å². The van der Waals surface area contributed by atoms with E-state index in [0.717, 1.165) is 18.7 Å². The van der Waals surface area contributed by atoms with Gasteiger partial charge in [-0.2, -0.15) is 0 Å². The van der Waals surface area contributed by atoms with Gasteiger partial charge in [-0.05, 0) is 24.2 Å². The summed E-state index contributed by atoms with van der Waals surface area (Å²) in [7, 11) is 1.74. The molecule has 0 aromatic heterocycles. The van der Waals surface area contributed by atoms with Crippen LogP contribution in [0.4, 0.5) is 0 Å². The lowest BCUT2D eigenvalue weighted by Gasteiger charge is -2.25. The largest absolute Gasteiger partial charge is 0.354 e. The monoisotopic (exact) mass is 323 g/mol. The highest BCUT2D eigenvalue weighted by atomic mass is 35.5. The van der Waals surface area contributed by atoms with Crippen LogP contribution in [0.15, 0.2) is 24.3 Å². The molecule has 0 spiro atoms. The Morgan fingerprint density at radius 2 is 2.18 bits per heavy atom. The van der Waals surface area contributed by atoms with Gasteiger partial charge in [-0.15, -0.1) is 0 Å². The summed E-state index contributed by atoms with van der Waals surface area (Å²) in [6.45, 7) is 4.16. The zero-order valence-corrected chi connectivity index (χ0v) is 13.7. The van der Waals surface area contributed by atoms with E-state index in [-0.39, 0.29) is 30.2 Å². The van der Waals surface area contributed by atoms with E-state index in [1.807, 2.05) is 25.1 Å². The number of carbonyl (C=O) groups excluding carboxylic acids is 2. The summed E-state index contributed by atoms with van der Waals surface area (Å²) in [6.07, 6.45) is 0.237. The molecule has 1 aromatic carbocycles. The minimum Gasteiger partial charge on any atom is -0.354 e. The Balaban J connectivity index is 2.11. The van der Waals surface area contributed by atoms with Gasteiger partial charge in [0.1, 0.15) is 0 Å². The third-order valence-corrected chi connectivity index (χ3v) is 4.20. The quantitative estimate of drug-likeness (QED) is 0.781. The maximum atomic E-state index is 12.4. The summed E-state index contributed by atoms with van der Waals surface area (Å²) in [5.74, 6) is -0.477. The molecule has 0 radical (unpaired) electrons. The van der Waals surface area contributed by atoms with Crippen LogP contribution in [0.3, 0.4) is 0 Å². The van der Waals surface area contributed by atoms with Gasteiger partial charge in [0.2, 0.25) is 11.8 Å². The molecular formula is C16H22ClN3O2. The van der Waals surface area contributed by atoms with Crippen molar-refractivity contribution in [2.75, 3.05) is 26.7 Å². The Kier molecular flexibility index (Phi) is 5.80. The number of benzene rings is 1. The zero-order valence-electron chi connectivity index (χ0n) is 12.9. The van der Waals surface area contributed by atoms with E-state index in [1.165, 1.54) is 0 Å². The van der Waals surface area contributed by atoms with E-state index in [1.54, 1.807) is 18.0 Å². The normalized spacial score (nSPS) is 21.2. The summed E-state index contributed by atoms with van der Waals surface area (Å²) >= 11 is 6.04. The van der Waals surface area contributed by atoms with E-state index < -0.39 is 0 Å². The minimum atomic E-state index is -0.377. The number of nitrogens with zero attached hydrogens (tertiary/aromatic N) is 1. The highest BCUT2D eigenvalue weighted by Crippen LogP contribution is 2.37. The van der Waals surface area contributed by atoms with E-state index in [2.05, 4.69) is 10.6 Å². The Morgan fingerprint density at radius 1 is 1.41 bits per heavy atom. The van der Waals surface area contributed by atoms with Crippen molar-refractivity contribution >= 4 is 23.4 Å². The molecule has 5 nitrogen and oxygen atoms in total. The van der Waals surface area contributed by atoms with E-state index in [4.69, 9.17) is 11.6 Å². The second kappa shape index (κ2) is 7.61. The minimum absolute atomic E-state index is 0.0168. The molecular weight excluding hydrogens is 302 g/mol. The number of carbonyl (C=O) groups is 2. The first-order valence-electron chi connectivity index (χ1n) is 7.54. The summed E-state index contributed by atoms with van der Waals surface area (Å²) in [4.78, 5) is 26.1. The van der Waals surface area contributed by atoms with Crippen molar-refractivity contribution in [2.45, 2.75) is 19.4 Å². The van der Waals surface area contributed by atoms with E-state index in [0.29, 0.717) is 11.6 Å². The van der Waals surface area contributed by atoms with Crippen LogP contribution in [0.1, 0.15) is 24.9 Å². The van der Waals surface area contributed by atoms with Gasteiger partial charge in [-0.25, -0.2) is 0 Å². The third-order valence-electron chi connectivity index (χ3n) is 3.96. The van der Waals surface area contributed by atoms with Crippen LogP contribution in [0.5, 0.6) is 0 Å². The van der Waals surface area contributed by atoms with Crippen LogP contribution in [-0.4, -0.2) is 43.4 Å². The van der Waals surface area contributed by atoms with Gasteiger partial charge in [0, 0.05) is 31.6 Å². The lowest BCUT2D eigenvalue weighted by molar-refractivity contribution is -0.128. The number of hydrogen-bond donors (Lipinski definition) is 2. The zero-order chi connectivity index (χ0) is 16.1. The fourth-order valence-electron chi connectivity index (χ4n) is 2.83. The van der Waals surface area contributed by atoms with Crippen LogP contribution >= 0.6 is 11.6 Å². The molecule has 1 saturated heterocycles. The number of hydrogen-bond acceptors (Lipinski definition) is 3. The SMILES string of the molecule is CCNCCNC(=O)C1CC(=O)N(C)C1c1cccc(Cl)c1. The Bertz CT molecular complexity index is 550. The highest BCUT2D eigenvalue weighted by molar-refractivity contribution is 6.30. The Hall–Kier alpha value is -1.59. The smallest absolute Gasteiger partial charge is 0.226 e. The number of amides is 2.